The highest BCUT2D eigenvalue weighted by Crippen LogP contribution is 2.33. The number of amides is 1. The summed E-state index contributed by atoms with van der Waals surface area (Å²) in [6, 6.07) is 9.19. The smallest absolute Gasteiger partial charge is 0.261 e. The number of pyridine rings is 1. The summed E-state index contributed by atoms with van der Waals surface area (Å²) in [6.07, 6.45) is 4.78. The molecule has 2 N–H and O–H groups in total. The molecule has 0 radical (unpaired) electrons. The van der Waals surface area contributed by atoms with Gasteiger partial charge in [0.2, 0.25) is 0 Å². The standard InChI is InChI=1S/C24H29N3O3/c1-24(2)13-20-18(21(28)14-24)12-19(23(30)26-20)22(29)25-17-8-6-7-16(11-17)15-27-9-4-3-5-10-27/h6-8,11-12H,3-5,9-10,13-15H2,1-2H3,(H,25,29)(H,26,30). The second-order valence-corrected chi connectivity index (χ2v) is 9.34. The minimum Gasteiger partial charge on any atom is -0.325 e. The molecule has 6 nitrogen and oxygen atoms in total. The second kappa shape index (κ2) is 8.19. The monoisotopic (exact) mass is 407 g/mol. The fourth-order valence-corrected chi connectivity index (χ4v) is 4.52. The van der Waals surface area contributed by atoms with Gasteiger partial charge in [-0.1, -0.05) is 32.4 Å². The third-order valence-corrected chi connectivity index (χ3v) is 6.00. The van der Waals surface area contributed by atoms with Crippen LogP contribution in [0, 0.1) is 5.41 Å². The lowest BCUT2D eigenvalue weighted by Crippen LogP contribution is -2.32. The largest absolute Gasteiger partial charge is 0.325 e. The first-order valence-corrected chi connectivity index (χ1v) is 10.7. The SMILES string of the molecule is CC1(C)CC(=O)c2cc(C(=O)Nc3cccc(CN4CCCCC4)c3)c(=O)[nH]c2C1. The van der Waals surface area contributed by atoms with Crippen molar-refractivity contribution in [2.45, 2.75) is 52.5 Å². The van der Waals surface area contributed by atoms with Gasteiger partial charge in [0, 0.05) is 29.9 Å². The number of nitrogens with zero attached hydrogens (tertiary/aromatic N) is 1. The van der Waals surface area contributed by atoms with E-state index >= 15 is 0 Å². The number of ketones is 1. The zero-order valence-corrected chi connectivity index (χ0v) is 17.7. The van der Waals surface area contributed by atoms with Crippen molar-refractivity contribution in [2.24, 2.45) is 5.41 Å². The lowest BCUT2D eigenvalue weighted by Gasteiger charge is -2.29. The Morgan fingerprint density at radius 1 is 1.10 bits per heavy atom. The van der Waals surface area contributed by atoms with Crippen LogP contribution in [-0.2, 0) is 13.0 Å². The first-order chi connectivity index (χ1) is 14.3. The maximum absolute atomic E-state index is 12.8. The van der Waals surface area contributed by atoms with E-state index in [-0.39, 0.29) is 16.8 Å². The van der Waals surface area contributed by atoms with Crippen molar-refractivity contribution in [1.29, 1.82) is 0 Å². The number of aromatic nitrogens is 1. The van der Waals surface area contributed by atoms with Gasteiger partial charge in [-0.3, -0.25) is 19.3 Å². The Morgan fingerprint density at radius 3 is 2.63 bits per heavy atom. The zero-order valence-electron chi connectivity index (χ0n) is 17.7. The molecule has 0 atom stereocenters. The second-order valence-electron chi connectivity index (χ2n) is 9.34. The van der Waals surface area contributed by atoms with E-state index in [1.54, 1.807) is 0 Å². The number of piperidine rings is 1. The van der Waals surface area contributed by atoms with E-state index in [1.165, 1.54) is 25.3 Å². The first kappa shape index (κ1) is 20.5. The van der Waals surface area contributed by atoms with Gasteiger partial charge in [-0.15, -0.1) is 0 Å². The van der Waals surface area contributed by atoms with Gasteiger partial charge < -0.3 is 10.3 Å². The van der Waals surface area contributed by atoms with Gasteiger partial charge in [0.1, 0.15) is 5.56 Å². The molecular formula is C24H29N3O3. The first-order valence-electron chi connectivity index (χ1n) is 10.7. The number of H-pyrrole nitrogens is 1. The number of carbonyl (C=O) groups excluding carboxylic acids is 2. The van der Waals surface area contributed by atoms with E-state index < -0.39 is 11.5 Å². The van der Waals surface area contributed by atoms with Crippen LogP contribution in [0.2, 0.25) is 0 Å². The topological polar surface area (TPSA) is 82.3 Å². The summed E-state index contributed by atoms with van der Waals surface area (Å²) in [7, 11) is 0. The highest BCUT2D eigenvalue weighted by Gasteiger charge is 2.32. The fraction of sp³-hybridized carbons (Fsp3) is 0.458. The van der Waals surface area contributed by atoms with Crippen LogP contribution < -0.4 is 10.9 Å². The molecule has 0 unspecified atom stereocenters. The molecule has 2 aromatic rings. The number of carbonyl (C=O) groups is 2. The Kier molecular flexibility index (Phi) is 5.60. The number of Topliss-reactive ketones (excluding diaryl/α,β-unsaturated/α-hetero) is 1. The van der Waals surface area contributed by atoms with Gasteiger partial charge >= 0.3 is 0 Å². The molecule has 1 amide bonds. The molecule has 6 heteroatoms. The Balaban J connectivity index is 1.52. The molecule has 1 aromatic carbocycles. The van der Waals surface area contributed by atoms with Crippen molar-refractivity contribution >= 4 is 17.4 Å². The van der Waals surface area contributed by atoms with Crippen LogP contribution in [0.1, 0.15) is 71.5 Å². The van der Waals surface area contributed by atoms with Crippen LogP contribution in [0.4, 0.5) is 5.69 Å². The van der Waals surface area contributed by atoms with Gasteiger partial charge in [-0.2, -0.15) is 0 Å². The lowest BCUT2D eigenvalue weighted by molar-refractivity contribution is 0.0910. The molecule has 2 heterocycles. The maximum atomic E-state index is 12.8. The Labute approximate surface area is 176 Å². The lowest BCUT2D eigenvalue weighted by atomic mass is 9.75. The Bertz CT molecular complexity index is 1030. The summed E-state index contributed by atoms with van der Waals surface area (Å²) in [6.45, 7) is 7.07. The van der Waals surface area contributed by atoms with Crippen LogP contribution in [0.3, 0.4) is 0 Å². The molecule has 30 heavy (non-hydrogen) atoms. The van der Waals surface area contributed by atoms with Crippen molar-refractivity contribution in [3.63, 3.8) is 0 Å². The van der Waals surface area contributed by atoms with Crippen LogP contribution in [-0.4, -0.2) is 34.7 Å². The van der Waals surface area contributed by atoms with Crippen LogP contribution in [0.25, 0.3) is 0 Å². The number of likely N-dealkylation sites (tertiary alicyclic amines) is 1. The molecule has 1 aliphatic carbocycles. The average Bonchev–Trinajstić information content (AvgIpc) is 2.67. The molecule has 1 aromatic heterocycles. The molecule has 0 saturated carbocycles. The number of benzene rings is 1. The van der Waals surface area contributed by atoms with Crippen molar-refractivity contribution in [1.82, 2.24) is 9.88 Å². The number of fused-ring (bicyclic) bond motifs is 1. The summed E-state index contributed by atoms with van der Waals surface area (Å²) in [5, 5.41) is 2.83. The number of nitrogens with one attached hydrogen (secondary N) is 2. The maximum Gasteiger partial charge on any atom is 0.261 e. The fourth-order valence-electron chi connectivity index (χ4n) is 4.52. The van der Waals surface area contributed by atoms with Gasteiger partial charge in [-0.05, 0) is 61.5 Å². The van der Waals surface area contributed by atoms with E-state index in [0.717, 1.165) is 25.2 Å². The minimum atomic E-state index is -0.494. The summed E-state index contributed by atoms with van der Waals surface area (Å²) < 4.78 is 0. The minimum absolute atomic E-state index is 0.0248. The van der Waals surface area contributed by atoms with Crippen molar-refractivity contribution < 1.29 is 9.59 Å². The van der Waals surface area contributed by atoms with Crippen molar-refractivity contribution in [3.8, 4) is 0 Å². The molecule has 4 rings (SSSR count). The predicted molar refractivity (Wildman–Crippen MR) is 117 cm³/mol. The van der Waals surface area contributed by atoms with E-state index in [0.29, 0.717) is 29.8 Å². The molecule has 2 aliphatic rings. The zero-order chi connectivity index (χ0) is 21.3. The van der Waals surface area contributed by atoms with E-state index in [9.17, 15) is 14.4 Å². The van der Waals surface area contributed by atoms with Crippen molar-refractivity contribution in [3.05, 3.63) is 63.1 Å². The summed E-state index contributed by atoms with van der Waals surface area (Å²) >= 11 is 0. The van der Waals surface area contributed by atoms with Crippen LogP contribution in [0.5, 0.6) is 0 Å². The van der Waals surface area contributed by atoms with E-state index in [1.807, 2.05) is 32.0 Å². The third-order valence-electron chi connectivity index (χ3n) is 6.00. The van der Waals surface area contributed by atoms with Gasteiger partial charge in [0.05, 0.1) is 0 Å². The average molecular weight is 408 g/mol. The normalized spacial score (nSPS) is 18.7. The predicted octanol–water partition coefficient (Wildman–Crippen LogP) is 3.77. The van der Waals surface area contributed by atoms with Gasteiger partial charge in [-0.25, -0.2) is 0 Å². The molecule has 0 spiro atoms. The Morgan fingerprint density at radius 2 is 1.87 bits per heavy atom. The molecule has 1 fully saturated rings. The number of rotatable bonds is 4. The summed E-state index contributed by atoms with van der Waals surface area (Å²) in [4.78, 5) is 43.1. The molecule has 1 saturated heterocycles. The molecule has 1 aliphatic heterocycles. The number of aromatic amines is 1. The highest BCUT2D eigenvalue weighted by molar-refractivity contribution is 6.06. The van der Waals surface area contributed by atoms with Gasteiger partial charge in [0.15, 0.2) is 5.78 Å². The van der Waals surface area contributed by atoms with Crippen molar-refractivity contribution in [2.75, 3.05) is 18.4 Å². The van der Waals surface area contributed by atoms with Crippen LogP contribution in [0.15, 0.2) is 35.1 Å². The molecule has 158 valence electrons. The number of hydrogen-bond acceptors (Lipinski definition) is 4. The number of hydrogen-bond donors (Lipinski definition) is 2. The Hall–Kier alpha value is -2.73. The molecule has 0 bridgehead atoms. The summed E-state index contributed by atoms with van der Waals surface area (Å²) in [5.74, 6) is -0.526. The van der Waals surface area contributed by atoms with Crippen LogP contribution >= 0.6 is 0 Å². The number of anilines is 1. The van der Waals surface area contributed by atoms with E-state index in [2.05, 4.69) is 21.3 Å². The molecular weight excluding hydrogens is 378 g/mol. The quantitative estimate of drug-likeness (QED) is 0.808. The van der Waals surface area contributed by atoms with E-state index in [4.69, 9.17) is 0 Å². The van der Waals surface area contributed by atoms with Gasteiger partial charge in [0.25, 0.3) is 11.5 Å². The third kappa shape index (κ3) is 4.54. The highest BCUT2D eigenvalue weighted by atomic mass is 16.2. The summed E-state index contributed by atoms with van der Waals surface area (Å²) in [5.41, 5.74) is 2.19.